The molecule has 0 fully saturated rings. The van der Waals surface area contributed by atoms with Crippen LogP contribution in [0.3, 0.4) is 0 Å². The number of para-hydroxylation sites is 1. The van der Waals surface area contributed by atoms with Gasteiger partial charge in [0.15, 0.2) is 5.76 Å². The van der Waals surface area contributed by atoms with Gasteiger partial charge >= 0.3 is 5.97 Å². The Morgan fingerprint density at radius 1 is 1.24 bits per heavy atom. The van der Waals surface area contributed by atoms with Gasteiger partial charge in [-0.05, 0) is 6.07 Å². The number of carbonyl (C=O) groups excluding carboxylic acids is 1. The van der Waals surface area contributed by atoms with Crippen LogP contribution in [0.1, 0.15) is 39.2 Å². The first-order valence-electron chi connectivity index (χ1n) is 7.90. The standard InChI is InChI=1S/C18H21NO6/c1-3-14-13(18(21)22)10-16(25-14)17(20)19-11-12-6-4-5-7-15(12)24-9-8-23-2/h4-7,10H,3,8-9,11H2,1-2H3,(H,19,20)(H,21,22). The summed E-state index contributed by atoms with van der Waals surface area (Å²) in [6.07, 6.45) is 0.394. The maximum Gasteiger partial charge on any atom is 0.339 e. The maximum absolute atomic E-state index is 12.2. The van der Waals surface area contributed by atoms with E-state index in [1.165, 1.54) is 6.07 Å². The average molecular weight is 347 g/mol. The second-order valence-corrected chi connectivity index (χ2v) is 5.24. The third-order valence-corrected chi connectivity index (χ3v) is 3.54. The molecule has 0 radical (unpaired) electrons. The predicted molar refractivity (Wildman–Crippen MR) is 90.0 cm³/mol. The Bertz CT molecular complexity index is 737. The number of hydrogen-bond donors (Lipinski definition) is 2. The van der Waals surface area contributed by atoms with Crippen LogP contribution in [0.25, 0.3) is 0 Å². The topological polar surface area (TPSA) is 98.0 Å². The Morgan fingerprint density at radius 2 is 2.00 bits per heavy atom. The first-order valence-corrected chi connectivity index (χ1v) is 7.90. The predicted octanol–water partition coefficient (Wildman–Crippen LogP) is 2.50. The van der Waals surface area contributed by atoms with Crippen molar-refractivity contribution < 1.29 is 28.6 Å². The van der Waals surface area contributed by atoms with Gasteiger partial charge < -0.3 is 24.3 Å². The fraction of sp³-hybridized carbons (Fsp3) is 0.333. The van der Waals surface area contributed by atoms with Crippen molar-refractivity contribution in [2.24, 2.45) is 0 Å². The molecule has 0 atom stereocenters. The number of furan rings is 1. The molecule has 2 aromatic rings. The molecular formula is C18H21NO6. The molecule has 1 heterocycles. The minimum absolute atomic E-state index is 0.0101. The van der Waals surface area contributed by atoms with Gasteiger partial charge in [-0.2, -0.15) is 0 Å². The molecule has 1 aromatic heterocycles. The molecule has 2 N–H and O–H groups in total. The van der Waals surface area contributed by atoms with Crippen LogP contribution in [0, 0.1) is 0 Å². The number of carbonyl (C=O) groups is 2. The van der Waals surface area contributed by atoms with E-state index < -0.39 is 11.9 Å². The molecule has 0 spiro atoms. The van der Waals surface area contributed by atoms with E-state index >= 15 is 0 Å². The number of methoxy groups -OCH3 is 1. The lowest BCUT2D eigenvalue weighted by atomic mass is 10.2. The molecule has 0 aliphatic rings. The van der Waals surface area contributed by atoms with Gasteiger partial charge in [-0.25, -0.2) is 4.79 Å². The number of carboxylic acids is 1. The van der Waals surface area contributed by atoms with E-state index in [-0.39, 0.29) is 23.6 Å². The lowest BCUT2D eigenvalue weighted by molar-refractivity contribution is 0.0694. The summed E-state index contributed by atoms with van der Waals surface area (Å²) in [6.45, 7) is 2.86. The van der Waals surface area contributed by atoms with E-state index in [0.717, 1.165) is 5.56 Å². The van der Waals surface area contributed by atoms with Crippen molar-refractivity contribution >= 4 is 11.9 Å². The maximum atomic E-state index is 12.2. The minimum atomic E-state index is -1.11. The Kier molecular flexibility index (Phi) is 6.59. The fourth-order valence-electron chi connectivity index (χ4n) is 2.27. The number of amides is 1. The van der Waals surface area contributed by atoms with E-state index in [0.29, 0.717) is 25.4 Å². The quantitative estimate of drug-likeness (QED) is 0.676. The Morgan fingerprint density at radius 3 is 2.64 bits per heavy atom. The van der Waals surface area contributed by atoms with Crippen LogP contribution in [0.5, 0.6) is 5.75 Å². The van der Waals surface area contributed by atoms with E-state index in [1.54, 1.807) is 14.0 Å². The van der Waals surface area contributed by atoms with Gasteiger partial charge in [-0.15, -0.1) is 0 Å². The summed E-state index contributed by atoms with van der Waals surface area (Å²) in [6, 6.07) is 8.58. The first kappa shape index (κ1) is 18.5. The second kappa shape index (κ2) is 8.89. The van der Waals surface area contributed by atoms with Gasteiger partial charge in [0.25, 0.3) is 5.91 Å². The summed E-state index contributed by atoms with van der Waals surface area (Å²) in [5.41, 5.74) is 0.809. The minimum Gasteiger partial charge on any atom is -0.491 e. The van der Waals surface area contributed by atoms with Crippen LogP contribution in [-0.2, 0) is 17.7 Å². The zero-order chi connectivity index (χ0) is 18.2. The smallest absolute Gasteiger partial charge is 0.339 e. The number of carboxylic acid groups (broad SMARTS) is 1. The molecule has 0 unspecified atom stereocenters. The van der Waals surface area contributed by atoms with Gasteiger partial charge in [0.2, 0.25) is 0 Å². The van der Waals surface area contributed by atoms with Gasteiger partial charge in [0.05, 0.1) is 6.61 Å². The van der Waals surface area contributed by atoms with Crippen LogP contribution in [0.4, 0.5) is 0 Å². The Hall–Kier alpha value is -2.80. The van der Waals surface area contributed by atoms with E-state index in [4.69, 9.17) is 19.0 Å². The highest BCUT2D eigenvalue weighted by Gasteiger charge is 2.20. The third kappa shape index (κ3) is 4.84. The largest absolute Gasteiger partial charge is 0.491 e. The number of benzene rings is 1. The summed E-state index contributed by atoms with van der Waals surface area (Å²) in [5.74, 6) is -0.682. The summed E-state index contributed by atoms with van der Waals surface area (Å²) in [5, 5.41) is 11.8. The molecule has 1 aromatic carbocycles. The molecule has 2 rings (SSSR count). The number of nitrogens with one attached hydrogen (secondary N) is 1. The van der Waals surface area contributed by atoms with Crippen molar-refractivity contribution in [3.8, 4) is 5.75 Å². The second-order valence-electron chi connectivity index (χ2n) is 5.24. The molecule has 0 aliphatic heterocycles. The van der Waals surface area contributed by atoms with Crippen LogP contribution >= 0.6 is 0 Å². The van der Waals surface area contributed by atoms with Gasteiger partial charge in [-0.3, -0.25) is 4.79 Å². The summed E-state index contributed by atoms with van der Waals surface area (Å²) in [7, 11) is 1.59. The van der Waals surface area contributed by atoms with Gasteiger partial charge in [0.1, 0.15) is 23.7 Å². The molecular weight excluding hydrogens is 326 g/mol. The molecule has 134 valence electrons. The zero-order valence-electron chi connectivity index (χ0n) is 14.2. The van der Waals surface area contributed by atoms with Crippen molar-refractivity contribution in [2.45, 2.75) is 19.9 Å². The number of ether oxygens (including phenoxy) is 2. The normalized spacial score (nSPS) is 10.5. The number of aromatic carboxylic acids is 1. The third-order valence-electron chi connectivity index (χ3n) is 3.54. The average Bonchev–Trinajstić information content (AvgIpc) is 3.05. The highest BCUT2D eigenvalue weighted by molar-refractivity contribution is 5.96. The van der Waals surface area contributed by atoms with E-state index in [1.807, 2.05) is 24.3 Å². The van der Waals surface area contributed by atoms with Crippen molar-refractivity contribution in [3.63, 3.8) is 0 Å². The Labute approximate surface area is 145 Å². The number of hydrogen-bond acceptors (Lipinski definition) is 5. The lowest BCUT2D eigenvalue weighted by Gasteiger charge is -2.11. The number of aryl methyl sites for hydroxylation is 1. The summed E-state index contributed by atoms with van der Waals surface area (Å²) < 4.78 is 15.9. The zero-order valence-corrected chi connectivity index (χ0v) is 14.2. The molecule has 0 bridgehead atoms. The van der Waals surface area contributed by atoms with Crippen molar-refractivity contribution in [1.82, 2.24) is 5.32 Å². The summed E-state index contributed by atoms with van der Waals surface area (Å²) in [4.78, 5) is 23.4. The van der Waals surface area contributed by atoms with Crippen LogP contribution in [-0.4, -0.2) is 37.3 Å². The van der Waals surface area contributed by atoms with E-state index in [9.17, 15) is 9.59 Å². The van der Waals surface area contributed by atoms with Crippen LogP contribution in [0.2, 0.25) is 0 Å². The fourth-order valence-corrected chi connectivity index (χ4v) is 2.27. The van der Waals surface area contributed by atoms with Crippen molar-refractivity contribution in [1.29, 1.82) is 0 Å². The van der Waals surface area contributed by atoms with Crippen LogP contribution in [0.15, 0.2) is 34.7 Å². The first-order chi connectivity index (χ1) is 12.1. The highest BCUT2D eigenvalue weighted by atomic mass is 16.5. The molecule has 0 saturated heterocycles. The molecule has 0 aliphatic carbocycles. The number of rotatable bonds is 9. The van der Waals surface area contributed by atoms with Crippen molar-refractivity contribution in [2.75, 3.05) is 20.3 Å². The molecule has 1 amide bonds. The van der Waals surface area contributed by atoms with E-state index in [2.05, 4.69) is 5.32 Å². The SMILES string of the molecule is CCc1oc(C(=O)NCc2ccccc2OCCOC)cc1C(=O)O. The lowest BCUT2D eigenvalue weighted by Crippen LogP contribution is -2.22. The monoisotopic (exact) mass is 347 g/mol. The summed E-state index contributed by atoms with van der Waals surface area (Å²) >= 11 is 0. The Balaban J connectivity index is 2.04. The van der Waals surface area contributed by atoms with Crippen molar-refractivity contribution in [3.05, 3.63) is 53.0 Å². The molecule has 0 saturated carbocycles. The van der Waals surface area contributed by atoms with Gasteiger partial charge in [0, 0.05) is 31.7 Å². The molecule has 7 nitrogen and oxygen atoms in total. The highest BCUT2D eigenvalue weighted by Crippen LogP contribution is 2.19. The van der Waals surface area contributed by atoms with Gasteiger partial charge in [-0.1, -0.05) is 25.1 Å². The molecule has 25 heavy (non-hydrogen) atoms. The van der Waals surface area contributed by atoms with Crippen LogP contribution < -0.4 is 10.1 Å². The molecule has 7 heteroatoms.